The molecule has 0 unspecified atom stereocenters. The van der Waals surface area contributed by atoms with E-state index < -0.39 is 10.0 Å². The van der Waals surface area contributed by atoms with E-state index in [0.717, 1.165) is 24.7 Å². The summed E-state index contributed by atoms with van der Waals surface area (Å²) in [5, 5.41) is 2.82. The molecule has 1 aromatic rings. The molecule has 1 fully saturated rings. The molecule has 0 spiro atoms. The van der Waals surface area contributed by atoms with Crippen molar-refractivity contribution in [3.63, 3.8) is 0 Å². The fraction of sp³-hybridized carbons (Fsp3) is 0.500. The number of sulfonamides is 1. The van der Waals surface area contributed by atoms with Crippen LogP contribution in [0, 0.1) is 0 Å². The van der Waals surface area contributed by atoms with Crippen LogP contribution in [0.2, 0.25) is 0 Å². The topological polar surface area (TPSA) is 66.5 Å². The van der Waals surface area contributed by atoms with Gasteiger partial charge in [-0.15, -0.1) is 0 Å². The summed E-state index contributed by atoms with van der Waals surface area (Å²) < 4.78 is 25.1. The first-order valence-corrected chi connectivity index (χ1v) is 8.61. The molecule has 1 saturated carbocycles. The third-order valence-corrected chi connectivity index (χ3v) is 4.40. The Hall–Kier alpha value is -1.56. The number of hydrogen-bond donors (Lipinski definition) is 1. The van der Waals surface area contributed by atoms with Crippen molar-refractivity contribution in [1.82, 2.24) is 5.32 Å². The van der Waals surface area contributed by atoms with Gasteiger partial charge in [0.05, 0.1) is 11.9 Å². The van der Waals surface area contributed by atoms with Crippen molar-refractivity contribution in [3.05, 3.63) is 29.8 Å². The van der Waals surface area contributed by atoms with Crippen molar-refractivity contribution in [2.75, 3.05) is 17.1 Å². The molecule has 1 aromatic carbocycles. The highest BCUT2D eigenvalue weighted by atomic mass is 32.2. The summed E-state index contributed by atoms with van der Waals surface area (Å²) in [6.07, 6.45) is 3.81. The summed E-state index contributed by atoms with van der Waals surface area (Å²) in [4.78, 5) is 11.9. The van der Waals surface area contributed by atoms with Crippen molar-refractivity contribution in [3.8, 4) is 0 Å². The third kappa shape index (κ3) is 3.72. The second kappa shape index (κ2) is 5.83. The fourth-order valence-corrected chi connectivity index (χ4v) is 2.95. The van der Waals surface area contributed by atoms with Crippen molar-refractivity contribution in [1.29, 1.82) is 0 Å². The average Bonchev–Trinajstić information content (AvgIpc) is 3.18. The number of nitrogens with one attached hydrogen (secondary N) is 1. The van der Waals surface area contributed by atoms with E-state index in [1.54, 1.807) is 12.1 Å². The SMILES string of the molecule is CCc1ccccc1N(CC(=O)NC1CC1)S(C)(=O)=O. The number of aryl methyl sites for hydroxylation is 1. The molecular weight excluding hydrogens is 276 g/mol. The summed E-state index contributed by atoms with van der Waals surface area (Å²) in [7, 11) is -3.49. The number of para-hydroxylation sites is 1. The molecule has 1 N–H and O–H groups in total. The van der Waals surface area contributed by atoms with Gasteiger partial charge in [-0.2, -0.15) is 0 Å². The Bertz CT molecular complexity index is 594. The number of rotatable bonds is 6. The zero-order chi connectivity index (χ0) is 14.8. The molecule has 1 amide bonds. The van der Waals surface area contributed by atoms with Gasteiger partial charge in [0.25, 0.3) is 0 Å². The molecule has 0 bridgehead atoms. The molecule has 1 aliphatic rings. The Labute approximate surface area is 120 Å². The first-order chi connectivity index (χ1) is 9.41. The Balaban J connectivity index is 2.25. The number of anilines is 1. The maximum atomic E-state index is 12.0. The van der Waals surface area contributed by atoms with Gasteiger partial charge in [0.1, 0.15) is 6.54 Å². The molecule has 20 heavy (non-hydrogen) atoms. The lowest BCUT2D eigenvalue weighted by Gasteiger charge is -2.24. The zero-order valence-electron chi connectivity index (χ0n) is 11.8. The number of hydrogen-bond acceptors (Lipinski definition) is 3. The molecule has 0 aromatic heterocycles. The summed E-state index contributed by atoms with van der Waals surface area (Å²) in [6, 6.07) is 7.50. The molecule has 110 valence electrons. The normalized spacial score (nSPS) is 14.9. The Kier molecular flexibility index (Phi) is 4.32. The molecule has 0 atom stereocenters. The monoisotopic (exact) mass is 296 g/mol. The van der Waals surface area contributed by atoms with Crippen LogP contribution < -0.4 is 9.62 Å². The Morgan fingerprint density at radius 3 is 2.55 bits per heavy atom. The van der Waals surface area contributed by atoms with Crippen LogP contribution in [0.3, 0.4) is 0 Å². The van der Waals surface area contributed by atoms with Crippen LogP contribution in [0.4, 0.5) is 5.69 Å². The van der Waals surface area contributed by atoms with Crippen LogP contribution in [0.5, 0.6) is 0 Å². The van der Waals surface area contributed by atoms with Gasteiger partial charge in [0.15, 0.2) is 0 Å². The number of amides is 1. The van der Waals surface area contributed by atoms with E-state index in [-0.39, 0.29) is 18.5 Å². The van der Waals surface area contributed by atoms with E-state index in [9.17, 15) is 13.2 Å². The van der Waals surface area contributed by atoms with Crippen molar-refractivity contribution >= 4 is 21.6 Å². The summed E-state index contributed by atoms with van der Waals surface area (Å²) in [5.41, 5.74) is 1.50. The largest absolute Gasteiger partial charge is 0.352 e. The van der Waals surface area contributed by atoms with Crippen molar-refractivity contribution < 1.29 is 13.2 Å². The predicted octanol–water partition coefficient (Wildman–Crippen LogP) is 1.29. The zero-order valence-corrected chi connectivity index (χ0v) is 12.6. The van der Waals surface area contributed by atoms with Gasteiger partial charge in [-0.3, -0.25) is 9.10 Å². The van der Waals surface area contributed by atoms with E-state index in [2.05, 4.69) is 5.32 Å². The predicted molar refractivity (Wildman–Crippen MR) is 79.2 cm³/mol. The molecule has 2 rings (SSSR count). The first kappa shape index (κ1) is 14.8. The van der Waals surface area contributed by atoms with Gasteiger partial charge in [-0.05, 0) is 30.9 Å². The van der Waals surface area contributed by atoms with Crippen molar-refractivity contribution in [2.24, 2.45) is 0 Å². The number of nitrogens with zero attached hydrogens (tertiary/aromatic N) is 1. The van der Waals surface area contributed by atoms with E-state index in [1.807, 2.05) is 19.1 Å². The third-order valence-electron chi connectivity index (χ3n) is 3.27. The summed E-state index contributed by atoms with van der Waals surface area (Å²) in [5.74, 6) is -0.246. The van der Waals surface area contributed by atoms with Crippen LogP contribution in [-0.2, 0) is 21.2 Å². The minimum atomic E-state index is -3.49. The maximum Gasteiger partial charge on any atom is 0.240 e. The van der Waals surface area contributed by atoms with Gasteiger partial charge in [-0.1, -0.05) is 25.1 Å². The molecule has 0 radical (unpaired) electrons. The minimum Gasteiger partial charge on any atom is -0.352 e. The van der Waals surface area contributed by atoms with Crippen LogP contribution in [-0.4, -0.2) is 33.2 Å². The van der Waals surface area contributed by atoms with Crippen LogP contribution >= 0.6 is 0 Å². The van der Waals surface area contributed by atoms with Gasteiger partial charge in [0.2, 0.25) is 15.9 Å². The lowest BCUT2D eigenvalue weighted by Crippen LogP contribution is -2.41. The highest BCUT2D eigenvalue weighted by Crippen LogP contribution is 2.24. The van der Waals surface area contributed by atoms with Gasteiger partial charge in [0, 0.05) is 6.04 Å². The standard InChI is InChI=1S/C14H20N2O3S/c1-3-11-6-4-5-7-13(11)16(20(2,18)19)10-14(17)15-12-8-9-12/h4-7,12H,3,8-10H2,1-2H3,(H,15,17). The van der Waals surface area contributed by atoms with Gasteiger partial charge >= 0.3 is 0 Å². The van der Waals surface area contributed by atoms with Crippen LogP contribution in [0.1, 0.15) is 25.3 Å². The lowest BCUT2D eigenvalue weighted by molar-refractivity contribution is -0.119. The molecule has 1 aliphatic carbocycles. The lowest BCUT2D eigenvalue weighted by atomic mass is 10.1. The molecule has 6 heteroatoms. The fourth-order valence-electron chi connectivity index (χ4n) is 2.07. The van der Waals surface area contributed by atoms with Crippen LogP contribution in [0.25, 0.3) is 0 Å². The average molecular weight is 296 g/mol. The molecular formula is C14H20N2O3S. The highest BCUT2D eigenvalue weighted by Gasteiger charge is 2.27. The second-order valence-corrected chi connectivity index (χ2v) is 7.00. The summed E-state index contributed by atoms with van der Waals surface area (Å²) >= 11 is 0. The van der Waals surface area contributed by atoms with E-state index in [4.69, 9.17) is 0 Å². The van der Waals surface area contributed by atoms with E-state index in [0.29, 0.717) is 12.1 Å². The smallest absolute Gasteiger partial charge is 0.240 e. The Morgan fingerprint density at radius 1 is 1.35 bits per heavy atom. The van der Waals surface area contributed by atoms with Gasteiger partial charge in [-0.25, -0.2) is 8.42 Å². The molecule has 0 aliphatic heterocycles. The Morgan fingerprint density at radius 2 is 2.00 bits per heavy atom. The quantitative estimate of drug-likeness (QED) is 0.860. The molecule has 5 nitrogen and oxygen atoms in total. The number of carbonyl (C=O) groups is 1. The second-order valence-electron chi connectivity index (χ2n) is 5.09. The maximum absolute atomic E-state index is 12.0. The van der Waals surface area contributed by atoms with E-state index in [1.165, 1.54) is 4.31 Å². The minimum absolute atomic E-state index is 0.160. The molecule has 0 heterocycles. The first-order valence-electron chi connectivity index (χ1n) is 6.76. The highest BCUT2D eigenvalue weighted by molar-refractivity contribution is 7.92. The number of benzene rings is 1. The summed E-state index contributed by atoms with van der Waals surface area (Å²) in [6.45, 7) is 1.80. The number of carbonyl (C=O) groups excluding carboxylic acids is 1. The van der Waals surface area contributed by atoms with Crippen LogP contribution in [0.15, 0.2) is 24.3 Å². The van der Waals surface area contributed by atoms with Gasteiger partial charge < -0.3 is 5.32 Å². The van der Waals surface area contributed by atoms with Crippen molar-refractivity contribution in [2.45, 2.75) is 32.2 Å². The van der Waals surface area contributed by atoms with E-state index >= 15 is 0 Å². The molecule has 0 saturated heterocycles.